The van der Waals surface area contributed by atoms with E-state index in [4.69, 9.17) is 6.57 Å². The van der Waals surface area contributed by atoms with E-state index >= 15 is 0 Å². The van der Waals surface area contributed by atoms with Crippen molar-refractivity contribution < 1.29 is 0 Å². The second kappa shape index (κ2) is 20.4. The quantitative estimate of drug-likeness (QED) is 0.0890. The first-order chi connectivity index (χ1) is 32.6. The fraction of sp³-hybridized carbons (Fsp3) is 0. The van der Waals surface area contributed by atoms with Gasteiger partial charge in [-0.1, -0.05) is 231 Å². The number of nitriles is 1. The van der Waals surface area contributed by atoms with E-state index in [1.807, 2.05) is 72.8 Å². The Labute approximate surface area is 388 Å². The van der Waals surface area contributed by atoms with E-state index < -0.39 is 0 Å². The van der Waals surface area contributed by atoms with Crippen molar-refractivity contribution in [2.24, 2.45) is 0 Å². The van der Waals surface area contributed by atoms with Crippen molar-refractivity contribution in [3.05, 3.63) is 303 Å². The van der Waals surface area contributed by atoms with Gasteiger partial charge in [-0.2, -0.15) is 5.26 Å². The molecular formula is C64H44N2. The van der Waals surface area contributed by atoms with Crippen LogP contribution in [0.15, 0.2) is 231 Å². The van der Waals surface area contributed by atoms with E-state index in [1.54, 1.807) is 0 Å². The summed E-state index contributed by atoms with van der Waals surface area (Å²) in [5, 5.41) is 9.64. The average Bonchev–Trinajstić information content (AvgIpc) is 3.40. The largest absolute Gasteiger partial charge is 0.238 e. The molecule has 0 unspecified atom stereocenters. The minimum atomic E-state index is 0.597. The maximum Gasteiger partial charge on any atom is 0.187 e. The van der Waals surface area contributed by atoms with Crippen LogP contribution in [0.4, 0.5) is 5.69 Å². The standard InChI is InChI=1S/C64H44N2/c1-66-60-40-38-57(39-41-60)64-45-58(36-30-47-22-26-49(27-23-47)42-61(52-14-6-2-7-15-52)53-16-8-3-9-17-53)63(56-34-32-51(46-65)33-35-56)44-59(64)37-31-48-24-28-50(29-25-48)43-62(54-18-10-4-11-19-54)55-20-12-5-13-21-55/h2-45H. The predicted octanol–water partition coefficient (Wildman–Crippen LogP) is 17.0. The molecule has 0 radical (unpaired) electrons. The van der Waals surface area contributed by atoms with Crippen LogP contribution in [0.5, 0.6) is 0 Å². The zero-order valence-corrected chi connectivity index (χ0v) is 36.3. The van der Waals surface area contributed by atoms with Gasteiger partial charge in [0.2, 0.25) is 0 Å². The van der Waals surface area contributed by atoms with Crippen molar-refractivity contribution in [2.45, 2.75) is 0 Å². The van der Waals surface area contributed by atoms with Gasteiger partial charge in [0.05, 0.1) is 18.2 Å². The molecule has 9 rings (SSSR count). The number of hydrogen-bond donors (Lipinski definition) is 0. The van der Waals surface area contributed by atoms with Crippen LogP contribution in [0.3, 0.4) is 0 Å². The van der Waals surface area contributed by atoms with E-state index in [2.05, 4.69) is 205 Å². The van der Waals surface area contributed by atoms with Crippen molar-refractivity contribution >= 4 is 53.3 Å². The molecule has 0 atom stereocenters. The Kier molecular flexibility index (Phi) is 13.1. The second-order valence-electron chi connectivity index (χ2n) is 16.0. The molecule has 0 aliphatic heterocycles. The third-order valence-electron chi connectivity index (χ3n) is 11.6. The van der Waals surface area contributed by atoms with Crippen LogP contribution >= 0.6 is 0 Å². The average molecular weight is 841 g/mol. The Morgan fingerprint density at radius 3 is 1.05 bits per heavy atom. The molecule has 0 aromatic heterocycles. The van der Waals surface area contributed by atoms with Crippen LogP contribution in [-0.2, 0) is 0 Å². The molecule has 0 heterocycles. The van der Waals surface area contributed by atoms with Crippen LogP contribution in [0, 0.1) is 17.9 Å². The molecule has 0 aliphatic rings. The molecule has 2 nitrogen and oxygen atoms in total. The van der Waals surface area contributed by atoms with Crippen molar-refractivity contribution in [2.75, 3.05) is 0 Å². The van der Waals surface area contributed by atoms with E-state index in [1.165, 1.54) is 33.4 Å². The SMILES string of the molecule is [C-]#[N+]c1ccc(-c2cc(C=Cc3ccc(C=C(c4ccccc4)c4ccccc4)cc3)c(-c3ccc(C#N)cc3)cc2C=Cc2ccc(C=C(c3ccccc3)c3ccccc3)cc2)cc1. The van der Waals surface area contributed by atoms with Crippen LogP contribution in [0.25, 0.3) is 74.7 Å². The van der Waals surface area contributed by atoms with Crippen LogP contribution in [-0.4, -0.2) is 0 Å². The van der Waals surface area contributed by atoms with Crippen molar-refractivity contribution in [1.29, 1.82) is 5.26 Å². The summed E-state index contributed by atoms with van der Waals surface area (Å²) in [6.07, 6.45) is 13.2. The Bertz CT molecular complexity index is 2960. The molecule has 0 aliphatic carbocycles. The summed E-state index contributed by atoms with van der Waals surface area (Å²) in [6.45, 7) is 7.59. The monoisotopic (exact) mass is 840 g/mol. The Morgan fingerprint density at radius 2 is 0.712 bits per heavy atom. The first-order valence-electron chi connectivity index (χ1n) is 22.0. The molecular weight excluding hydrogens is 797 g/mol. The van der Waals surface area contributed by atoms with Gasteiger partial charge < -0.3 is 0 Å². The highest BCUT2D eigenvalue weighted by Crippen LogP contribution is 2.36. The highest BCUT2D eigenvalue weighted by Gasteiger charge is 2.13. The number of hydrogen-bond acceptors (Lipinski definition) is 1. The Morgan fingerprint density at radius 1 is 0.379 bits per heavy atom. The predicted molar refractivity (Wildman–Crippen MR) is 279 cm³/mol. The normalized spacial score (nSPS) is 10.9. The molecule has 9 aromatic carbocycles. The van der Waals surface area contributed by atoms with Gasteiger partial charge in [-0.25, -0.2) is 4.85 Å². The maximum atomic E-state index is 9.64. The third-order valence-corrected chi connectivity index (χ3v) is 11.6. The van der Waals surface area contributed by atoms with E-state index in [9.17, 15) is 5.26 Å². The molecule has 0 spiro atoms. The molecule has 0 N–H and O–H groups in total. The van der Waals surface area contributed by atoms with E-state index in [-0.39, 0.29) is 0 Å². The van der Waals surface area contributed by atoms with E-state index in [0.29, 0.717) is 11.3 Å². The summed E-state index contributed by atoms with van der Waals surface area (Å²) >= 11 is 0. The summed E-state index contributed by atoms with van der Waals surface area (Å²) in [5.41, 5.74) is 18.8. The molecule has 310 valence electrons. The smallest absolute Gasteiger partial charge is 0.187 e. The van der Waals surface area contributed by atoms with Crippen molar-refractivity contribution in [3.8, 4) is 28.3 Å². The van der Waals surface area contributed by atoms with Crippen LogP contribution in [0.2, 0.25) is 0 Å². The second-order valence-corrected chi connectivity index (χ2v) is 16.0. The zero-order chi connectivity index (χ0) is 44.9. The lowest BCUT2D eigenvalue weighted by Crippen LogP contribution is -1.91. The third kappa shape index (κ3) is 10.2. The number of benzene rings is 9. The molecule has 0 saturated heterocycles. The van der Waals surface area contributed by atoms with Crippen LogP contribution < -0.4 is 0 Å². The Hall–Kier alpha value is -9.08. The van der Waals surface area contributed by atoms with Gasteiger partial charge in [-0.05, 0) is 125 Å². The molecule has 0 bridgehead atoms. The summed E-state index contributed by atoms with van der Waals surface area (Å²) in [7, 11) is 0. The van der Waals surface area contributed by atoms with Gasteiger partial charge >= 0.3 is 0 Å². The van der Waals surface area contributed by atoms with Gasteiger partial charge in [0.15, 0.2) is 5.69 Å². The maximum absolute atomic E-state index is 9.64. The summed E-state index contributed by atoms with van der Waals surface area (Å²) in [6, 6.07) is 81.7. The molecule has 9 aromatic rings. The number of rotatable bonds is 12. The van der Waals surface area contributed by atoms with Crippen molar-refractivity contribution in [1.82, 2.24) is 0 Å². The van der Waals surface area contributed by atoms with Crippen LogP contribution in [0.1, 0.15) is 61.2 Å². The Balaban J connectivity index is 1.08. The summed E-state index contributed by atoms with van der Waals surface area (Å²) < 4.78 is 0. The van der Waals surface area contributed by atoms with Gasteiger partial charge in [0.25, 0.3) is 0 Å². The highest BCUT2D eigenvalue weighted by molar-refractivity contribution is 5.94. The molecule has 2 heteroatoms. The van der Waals surface area contributed by atoms with Crippen molar-refractivity contribution in [3.63, 3.8) is 0 Å². The van der Waals surface area contributed by atoms with Gasteiger partial charge in [0, 0.05) is 0 Å². The lowest BCUT2D eigenvalue weighted by atomic mass is 9.89. The lowest BCUT2D eigenvalue weighted by Gasteiger charge is -2.15. The topological polar surface area (TPSA) is 28.1 Å². The first-order valence-corrected chi connectivity index (χ1v) is 22.0. The number of nitrogens with zero attached hydrogens (tertiary/aromatic N) is 2. The fourth-order valence-electron chi connectivity index (χ4n) is 8.10. The minimum absolute atomic E-state index is 0.597. The fourth-order valence-corrected chi connectivity index (χ4v) is 8.10. The summed E-state index contributed by atoms with van der Waals surface area (Å²) in [4.78, 5) is 3.66. The summed E-state index contributed by atoms with van der Waals surface area (Å²) in [5.74, 6) is 0. The lowest BCUT2D eigenvalue weighted by molar-refractivity contribution is 1.48. The molecule has 0 fully saturated rings. The molecule has 0 amide bonds. The first kappa shape index (κ1) is 42.2. The molecule has 66 heavy (non-hydrogen) atoms. The highest BCUT2D eigenvalue weighted by atomic mass is 14.6. The zero-order valence-electron chi connectivity index (χ0n) is 36.3. The van der Waals surface area contributed by atoms with E-state index in [0.717, 1.165) is 55.6 Å². The van der Waals surface area contributed by atoms with Gasteiger partial charge in [-0.3, -0.25) is 0 Å². The van der Waals surface area contributed by atoms with Gasteiger partial charge in [0.1, 0.15) is 0 Å². The minimum Gasteiger partial charge on any atom is -0.238 e. The molecule has 0 saturated carbocycles. The van der Waals surface area contributed by atoms with Gasteiger partial charge in [-0.15, -0.1) is 0 Å².